The number of nitrogens with one attached hydrogen (secondary N) is 1. The van der Waals surface area contributed by atoms with Gasteiger partial charge in [-0.25, -0.2) is 9.59 Å². The molecule has 1 saturated heterocycles. The minimum atomic E-state index is -1.08. The van der Waals surface area contributed by atoms with Gasteiger partial charge < -0.3 is 24.6 Å². The molecule has 3 aromatic rings. The number of oxazole rings is 1. The maximum atomic E-state index is 12.5. The van der Waals surface area contributed by atoms with E-state index in [4.69, 9.17) is 4.42 Å². The van der Waals surface area contributed by atoms with E-state index in [9.17, 15) is 14.7 Å². The van der Waals surface area contributed by atoms with Gasteiger partial charge in [0.15, 0.2) is 5.58 Å². The molecular weight excluding hydrogens is 348 g/mol. The Morgan fingerprint density at radius 2 is 1.70 bits per heavy atom. The number of piperazine rings is 1. The van der Waals surface area contributed by atoms with E-state index in [2.05, 4.69) is 10.3 Å². The first kappa shape index (κ1) is 16.9. The van der Waals surface area contributed by atoms with Crippen molar-refractivity contribution >= 4 is 34.8 Å². The van der Waals surface area contributed by atoms with Gasteiger partial charge in [-0.1, -0.05) is 24.3 Å². The largest absolute Gasteiger partial charge is 0.478 e. The fourth-order valence-electron chi connectivity index (χ4n) is 3.07. The van der Waals surface area contributed by atoms with Crippen molar-refractivity contribution in [2.75, 3.05) is 36.4 Å². The summed E-state index contributed by atoms with van der Waals surface area (Å²) in [5.41, 5.74) is 1.89. The third-order valence-corrected chi connectivity index (χ3v) is 4.52. The number of urea groups is 1. The number of para-hydroxylation sites is 3. The molecular formula is C19H18N4O4. The van der Waals surface area contributed by atoms with Crippen molar-refractivity contribution in [2.45, 2.75) is 0 Å². The van der Waals surface area contributed by atoms with Crippen LogP contribution in [0.5, 0.6) is 0 Å². The van der Waals surface area contributed by atoms with Gasteiger partial charge in [0.05, 0.1) is 11.3 Å². The van der Waals surface area contributed by atoms with E-state index >= 15 is 0 Å². The van der Waals surface area contributed by atoms with Gasteiger partial charge in [0.2, 0.25) is 0 Å². The number of rotatable bonds is 3. The summed E-state index contributed by atoms with van der Waals surface area (Å²) in [4.78, 5) is 31.9. The highest BCUT2D eigenvalue weighted by molar-refractivity contribution is 6.00. The SMILES string of the molecule is O=C(O)c1ccccc1NC(=O)N1CCN(c2nc3ccccc3o2)CC1. The van der Waals surface area contributed by atoms with Crippen LogP contribution in [-0.4, -0.2) is 53.2 Å². The number of aromatic nitrogens is 1. The number of carbonyl (C=O) groups is 2. The summed E-state index contributed by atoms with van der Waals surface area (Å²) in [6.45, 7) is 2.14. The van der Waals surface area contributed by atoms with Gasteiger partial charge >= 0.3 is 12.0 Å². The summed E-state index contributed by atoms with van der Waals surface area (Å²) in [7, 11) is 0. The average molecular weight is 366 g/mol. The van der Waals surface area contributed by atoms with Gasteiger partial charge in [0.1, 0.15) is 5.52 Å². The number of nitrogens with zero attached hydrogens (tertiary/aromatic N) is 3. The summed E-state index contributed by atoms with van der Waals surface area (Å²) in [5.74, 6) is -1.08. The van der Waals surface area contributed by atoms with Crippen molar-refractivity contribution in [3.05, 3.63) is 54.1 Å². The van der Waals surface area contributed by atoms with Crippen LogP contribution in [0.3, 0.4) is 0 Å². The molecule has 1 aliphatic heterocycles. The van der Waals surface area contributed by atoms with Crippen LogP contribution in [0.2, 0.25) is 0 Å². The Balaban J connectivity index is 1.40. The number of hydrogen-bond donors (Lipinski definition) is 2. The fraction of sp³-hybridized carbons (Fsp3) is 0.211. The predicted molar refractivity (Wildman–Crippen MR) is 100 cm³/mol. The molecule has 0 unspecified atom stereocenters. The number of amides is 2. The second kappa shape index (κ2) is 6.99. The molecule has 2 aromatic carbocycles. The van der Waals surface area contributed by atoms with Crippen molar-refractivity contribution in [3.63, 3.8) is 0 Å². The van der Waals surface area contributed by atoms with Crippen molar-refractivity contribution < 1.29 is 19.1 Å². The molecule has 2 N–H and O–H groups in total. The molecule has 138 valence electrons. The first-order valence-corrected chi connectivity index (χ1v) is 8.60. The van der Waals surface area contributed by atoms with Gasteiger partial charge in [0.25, 0.3) is 6.01 Å². The van der Waals surface area contributed by atoms with Gasteiger partial charge in [-0.3, -0.25) is 0 Å². The number of anilines is 2. The van der Waals surface area contributed by atoms with Gasteiger partial charge in [-0.15, -0.1) is 0 Å². The topological polar surface area (TPSA) is 98.9 Å². The number of fused-ring (bicyclic) bond motifs is 1. The van der Waals surface area contributed by atoms with Crippen LogP contribution in [0.1, 0.15) is 10.4 Å². The highest BCUT2D eigenvalue weighted by atomic mass is 16.4. The van der Waals surface area contributed by atoms with E-state index in [1.807, 2.05) is 29.2 Å². The molecule has 0 spiro atoms. The molecule has 8 heteroatoms. The lowest BCUT2D eigenvalue weighted by Crippen LogP contribution is -2.50. The third kappa shape index (κ3) is 3.41. The smallest absolute Gasteiger partial charge is 0.337 e. The van der Waals surface area contributed by atoms with E-state index in [1.54, 1.807) is 23.1 Å². The molecule has 1 aliphatic rings. The molecule has 0 saturated carbocycles. The standard InChI is InChI=1S/C19H18N4O4/c24-17(25)13-5-1-2-6-14(13)20-18(26)22-9-11-23(12-10-22)19-21-15-7-3-4-8-16(15)27-19/h1-8H,9-12H2,(H,20,26)(H,24,25). The summed E-state index contributed by atoms with van der Waals surface area (Å²) in [5, 5.41) is 11.9. The summed E-state index contributed by atoms with van der Waals surface area (Å²) >= 11 is 0. The summed E-state index contributed by atoms with van der Waals surface area (Å²) in [6.07, 6.45) is 0. The molecule has 2 amide bonds. The van der Waals surface area contributed by atoms with Crippen LogP contribution in [0, 0.1) is 0 Å². The third-order valence-electron chi connectivity index (χ3n) is 4.52. The lowest BCUT2D eigenvalue weighted by atomic mass is 10.2. The minimum Gasteiger partial charge on any atom is -0.478 e. The second-order valence-corrected chi connectivity index (χ2v) is 6.22. The zero-order valence-corrected chi connectivity index (χ0v) is 14.5. The number of carboxylic acid groups (broad SMARTS) is 1. The molecule has 27 heavy (non-hydrogen) atoms. The van der Waals surface area contributed by atoms with Crippen molar-refractivity contribution in [2.24, 2.45) is 0 Å². The Morgan fingerprint density at radius 3 is 2.44 bits per heavy atom. The Hall–Kier alpha value is -3.55. The highest BCUT2D eigenvalue weighted by Crippen LogP contribution is 2.23. The van der Waals surface area contributed by atoms with Crippen molar-refractivity contribution in [1.82, 2.24) is 9.88 Å². The first-order chi connectivity index (χ1) is 13.1. The van der Waals surface area contributed by atoms with Crippen LogP contribution in [0.4, 0.5) is 16.5 Å². The second-order valence-electron chi connectivity index (χ2n) is 6.22. The average Bonchev–Trinajstić information content (AvgIpc) is 3.12. The lowest BCUT2D eigenvalue weighted by Gasteiger charge is -2.33. The number of hydrogen-bond acceptors (Lipinski definition) is 5. The normalized spacial score (nSPS) is 14.4. The van der Waals surface area contributed by atoms with E-state index in [0.29, 0.717) is 32.2 Å². The molecule has 8 nitrogen and oxygen atoms in total. The van der Waals surface area contributed by atoms with Crippen LogP contribution >= 0.6 is 0 Å². The maximum Gasteiger partial charge on any atom is 0.337 e. The van der Waals surface area contributed by atoms with E-state index < -0.39 is 5.97 Å². The van der Waals surface area contributed by atoms with E-state index in [0.717, 1.165) is 11.1 Å². The lowest BCUT2D eigenvalue weighted by molar-refractivity contribution is 0.0698. The molecule has 1 aromatic heterocycles. The number of aromatic carboxylic acids is 1. The van der Waals surface area contributed by atoms with Crippen LogP contribution in [0.25, 0.3) is 11.1 Å². The molecule has 2 heterocycles. The predicted octanol–water partition coefficient (Wildman–Crippen LogP) is 2.88. The van der Waals surface area contributed by atoms with Crippen LogP contribution in [0.15, 0.2) is 52.9 Å². The Bertz CT molecular complexity index is 959. The fourth-order valence-corrected chi connectivity index (χ4v) is 3.07. The number of benzene rings is 2. The Morgan fingerprint density at radius 1 is 1.00 bits per heavy atom. The van der Waals surface area contributed by atoms with E-state index in [1.165, 1.54) is 6.07 Å². The zero-order valence-electron chi connectivity index (χ0n) is 14.5. The number of carboxylic acids is 1. The van der Waals surface area contributed by atoms with Crippen molar-refractivity contribution in [1.29, 1.82) is 0 Å². The molecule has 0 radical (unpaired) electrons. The van der Waals surface area contributed by atoms with Crippen LogP contribution in [-0.2, 0) is 0 Å². The Labute approximate surface area is 155 Å². The maximum absolute atomic E-state index is 12.5. The molecule has 0 atom stereocenters. The molecule has 0 bridgehead atoms. The zero-order chi connectivity index (χ0) is 18.8. The monoisotopic (exact) mass is 366 g/mol. The molecule has 1 fully saturated rings. The van der Waals surface area contributed by atoms with Crippen molar-refractivity contribution in [3.8, 4) is 0 Å². The quantitative estimate of drug-likeness (QED) is 0.739. The summed E-state index contributed by atoms with van der Waals surface area (Å²) in [6, 6.07) is 14.2. The van der Waals surface area contributed by atoms with Gasteiger partial charge in [0, 0.05) is 26.2 Å². The Kier molecular flexibility index (Phi) is 4.37. The first-order valence-electron chi connectivity index (χ1n) is 8.60. The molecule has 0 aliphatic carbocycles. The molecule has 4 rings (SSSR count). The number of carbonyl (C=O) groups excluding carboxylic acids is 1. The van der Waals surface area contributed by atoms with Gasteiger partial charge in [-0.05, 0) is 24.3 Å². The highest BCUT2D eigenvalue weighted by Gasteiger charge is 2.24. The van der Waals surface area contributed by atoms with E-state index in [-0.39, 0.29) is 17.3 Å². The minimum absolute atomic E-state index is 0.0657. The summed E-state index contributed by atoms with van der Waals surface area (Å²) < 4.78 is 5.77. The van der Waals surface area contributed by atoms with Crippen LogP contribution < -0.4 is 10.2 Å². The van der Waals surface area contributed by atoms with Gasteiger partial charge in [-0.2, -0.15) is 4.98 Å².